The first kappa shape index (κ1) is 15.1. The molecule has 1 aliphatic heterocycles. The maximum Gasteiger partial charge on any atom is 0.227 e. The monoisotopic (exact) mass is 322 g/mol. The summed E-state index contributed by atoms with van der Waals surface area (Å²) in [6.07, 6.45) is 5.86. The Morgan fingerprint density at radius 3 is 2.67 bits per heavy atom. The van der Waals surface area contributed by atoms with Crippen molar-refractivity contribution in [2.75, 3.05) is 16.8 Å². The molecule has 1 aromatic carbocycles. The lowest BCUT2D eigenvalue weighted by atomic mass is 10.1. The van der Waals surface area contributed by atoms with Gasteiger partial charge in [-0.25, -0.2) is 9.97 Å². The van der Waals surface area contributed by atoms with Gasteiger partial charge < -0.3 is 10.2 Å². The summed E-state index contributed by atoms with van der Waals surface area (Å²) in [5, 5.41) is 3.45. The molecule has 2 aliphatic rings. The van der Waals surface area contributed by atoms with Crippen LogP contribution in [0.4, 0.5) is 11.5 Å². The van der Waals surface area contributed by atoms with Gasteiger partial charge in [-0.3, -0.25) is 4.79 Å². The van der Waals surface area contributed by atoms with Crippen molar-refractivity contribution in [3.8, 4) is 0 Å². The van der Waals surface area contributed by atoms with Crippen molar-refractivity contribution in [3.63, 3.8) is 0 Å². The normalized spacial score (nSPS) is 18.7. The summed E-state index contributed by atoms with van der Waals surface area (Å²) < 4.78 is 0. The molecule has 1 atom stereocenters. The van der Waals surface area contributed by atoms with Gasteiger partial charge in [0, 0.05) is 36.8 Å². The summed E-state index contributed by atoms with van der Waals surface area (Å²) in [5.41, 5.74) is 2.17. The van der Waals surface area contributed by atoms with E-state index in [4.69, 9.17) is 0 Å². The number of rotatable bonds is 5. The molecule has 5 nitrogen and oxygen atoms in total. The van der Waals surface area contributed by atoms with Crippen LogP contribution in [0, 0.1) is 0 Å². The van der Waals surface area contributed by atoms with Crippen LogP contribution in [0.25, 0.3) is 0 Å². The van der Waals surface area contributed by atoms with E-state index in [-0.39, 0.29) is 11.9 Å². The fraction of sp³-hybridized carbons (Fsp3) is 0.421. The van der Waals surface area contributed by atoms with Crippen LogP contribution < -0.4 is 10.2 Å². The zero-order chi connectivity index (χ0) is 16.5. The van der Waals surface area contributed by atoms with Crippen LogP contribution in [0.3, 0.4) is 0 Å². The average molecular weight is 322 g/mol. The second-order valence-electron chi connectivity index (χ2n) is 6.68. The Labute approximate surface area is 142 Å². The highest BCUT2D eigenvalue weighted by Gasteiger charge is 2.26. The maximum absolute atomic E-state index is 11.8. The number of benzene rings is 1. The Morgan fingerprint density at radius 2 is 2.00 bits per heavy atom. The molecule has 0 bridgehead atoms. The number of hydrogen-bond donors (Lipinski definition) is 1. The van der Waals surface area contributed by atoms with Gasteiger partial charge in [0.1, 0.15) is 11.6 Å². The summed E-state index contributed by atoms with van der Waals surface area (Å²) >= 11 is 0. The molecule has 4 rings (SSSR count). The van der Waals surface area contributed by atoms with Crippen molar-refractivity contribution in [1.82, 2.24) is 9.97 Å². The summed E-state index contributed by atoms with van der Waals surface area (Å²) in [4.78, 5) is 22.7. The van der Waals surface area contributed by atoms with Crippen LogP contribution in [0.1, 0.15) is 56.0 Å². The number of amides is 1. The van der Waals surface area contributed by atoms with Gasteiger partial charge in [-0.1, -0.05) is 12.1 Å². The van der Waals surface area contributed by atoms with Crippen LogP contribution in [0.5, 0.6) is 0 Å². The fourth-order valence-corrected chi connectivity index (χ4v) is 3.16. The topological polar surface area (TPSA) is 58.1 Å². The van der Waals surface area contributed by atoms with Gasteiger partial charge in [-0.15, -0.1) is 0 Å². The van der Waals surface area contributed by atoms with Crippen molar-refractivity contribution in [3.05, 3.63) is 47.9 Å². The van der Waals surface area contributed by atoms with Gasteiger partial charge >= 0.3 is 0 Å². The van der Waals surface area contributed by atoms with Gasteiger partial charge in [-0.05, 0) is 49.9 Å². The van der Waals surface area contributed by atoms with E-state index in [1.54, 1.807) is 0 Å². The molecule has 2 fully saturated rings. The molecule has 1 N–H and O–H groups in total. The number of nitrogens with zero attached hydrogens (tertiary/aromatic N) is 3. The van der Waals surface area contributed by atoms with E-state index >= 15 is 0 Å². The van der Waals surface area contributed by atoms with Crippen molar-refractivity contribution >= 4 is 17.4 Å². The number of nitrogens with one attached hydrogen (secondary N) is 1. The van der Waals surface area contributed by atoms with E-state index in [1.165, 1.54) is 18.4 Å². The summed E-state index contributed by atoms with van der Waals surface area (Å²) in [6.45, 7) is 2.95. The minimum Gasteiger partial charge on any atom is -0.363 e. The third-order valence-electron chi connectivity index (χ3n) is 4.76. The molecule has 2 aromatic rings. The zero-order valence-electron chi connectivity index (χ0n) is 13.9. The molecule has 24 heavy (non-hydrogen) atoms. The Balaban J connectivity index is 1.45. The number of anilines is 2. The Morgan fingerprint density at radius 1 is 1.21 bits per heavy atom. The van der Waals surface area contributed by atoms with Gasteiger partial charge in [0.25, 0.3) is 0 Å². The molecule has 2 heterocycles. The molecule has 1 saturated carbocycles. The quantitative estimate of drug-likeness (QED) is 0.913. The number of carbonyl (C=O) groups is 1. The van der Waals surface area contributed by atoms with Gasteiger partial charge in [0.2, 0.25) is 5.91 Å². The van der Waals surface area contributed by atoms with Crippen LogP contribution >= 0.6 is 0 Å². The Bertz CT molecular complexity index is 739. The summed E-state index contributed by atoms with van der Waals surface area (Å²) in [5.74, 6) is 2.61. The van der Waals surface area contributed by atoms with Crippen LogP contribution in [0.15, 0.2) is 36.5 Å². The van der Waals surface area contributed by atoms with E-state index in [1.807, 2.05) is 29.3 Å². The molecule has 1 unspecified atom stereocenters. The van der Waals surface area contributed by atoms with Crippen molar-refractivity contribution in [2.24, 2.45) is 0 Å². The smallest absolute Gasteiger partial charge is 0.227 e. The molecule has 124 valence electrons. The third kappa shape index (κ3) is 3.11. The highest BCUT2D eigenvalue weighted by Crippen LogP contribution is 2.38. The molecular weight excluding hydrogens is 300 g/mol. The first-order valence-electron chi connectivity index (χ1n) is 8.70. The molecule has 1 saturated heterocycles. The van der Waals surface area contributed by atoms with Crippen LogP contribution in [-0.4, -0.2) is 22.4 Å². The molecular formula is C19H22N4O. The van der Waals surface area contributed by atoms with Crippen molar-refractivity contribution in [1.29, 1.82) is 0 Å². The minimum atomic E-state index is 0.148. The molecule has 5 heteroatoms. The highest BCUT2D eigenvalue weighted by molar-refractivity contribution is 5.95. The average Bonchev–Trinajstić information content (AvgIpc) is 3.37. The number of aromatic nitrogens is 2. The fourth-order valence-electron chi connectivity index (χ4n) is 3.16. The highest BCUT2D eigenvalue weighted by atomic mass is 16.2. The first-order chi connectivity index (χ1) is 11.7. The lowest BCUT2D eigenvalue weighted by Crippen LogP contribution is -2.23. The Hall–Kier alpha value is -2.43. The lowest BCUT2D eigenvalue weighted by molar-refractivity contribution is -0.117. The molecule has 0 spiro atoms. The van der Waals surface area contributed by atoms with Gasteiger partial charge in [0.15, 0.2) is 0 Å². The molecule has 1 amide bonds. The SMILES string of the molecule is CC(Nc1ccnc(C2CC2)n1)c1ccc(N2CCCC2=O)cc1. The van der Waals surface area contributed by atoms with Gasteiger partial charge in [0.05, 0.1) is 0 Å². The molecule has 0 radical (unpaired) electrons. The van der Waals surface area contributed by atoms with Crippen LogP contribution in [0.2, 0.25) is 0 Å². The lowest BCUT2D eigenvalue weighted by Gasteiger charge is -2.19. The predicted octanol–water partition coefficient (Wildman–Crippen LogP) is 3.65. The summed E-state index contributed by atoms with van der Waals surface area (Å²) in [6, 6.07) is 10.3. The van der Waals surface area contributed by atoms with E-state index < -0.39 is 0 Å². The second kappa shape index (κ2) is 6.23. The Kier molecular flexibility index (Phi) is 3.92. The maximum atomic E-state index is 11.8. The van der Waals surface area contributed by atoms with E-state index in [2.05, 4.69) is 34.3 Å². The second-order valence-corrected chi connectivity index (χ2v) is 6.68. The van der Waals surface area contributed by atoms with E-state index in [0.29, 0.717) is 12.3 Å². The zero-order valence-corrected chi connectivity index (χ0v) is 13.9. The summed E-state index contributed by atoms with van der Waals surface area (Å²) in [7, 11) is 0. The van der Waals surface area contributed by atoms with Crippen LogP contribution in [-0.2, 0) is 4.79 Å². The first-order valence-corrected chi connectivity index (χ1v) is 8.70. The van der Waals surface area contributed by atoms with E-state index in [0.717, 1.165) is 30.3 Å². The number of hydrogen-bond acceptors (Lipinski definition) is 4. The van der Waals surface area contributed by atoms with Gasteiger partial charge in [-0.2, -0.15) is 0 Å². The molecule has 1 aliphatic carbocycles. The number of carbonyl (C=O) groups excluding carboxylic acids is 1. The molecule has 1 aromatic heterocycles. The largest absolute Gasteiger partial charge is 0.363 e. The standard InChI is InChI=1S/C19H22N4O/c1-13(21-17-10-11-20-19(22-17)15-4-5-15)14-6-8-16(9-7-14)23-12-2-3-18(23)24/h6-11,13,15H,2-5,12H2,1H3,(H,20,21,22). The third-order valence-corrected chi connectivity index (χ3v) is 4.76. The van der Waals surface area contributed by atoms with E-state index in [9.17, 15) is 4.79 Å². The predicted molar refractivity (Wildman–Crippen MR) is 94.1 cm³/mol. The van der Waals surface area contributed by atoms with Crippen molar-refractivity contribution in [2.45, 2.75) is 44.6 Å². The van der Waals surface area contributed by atoms with Crippen molar-refractivity contribution < 1.29 is 4.79 Å². The minimum absolute atomic E-state index is 0.148.